The van der Waals surface area contributed by atoms with Crippen molar-refractivity contribution in [3.63, 3.8) is 0 Å². The predicted molar refractivity (Wildman–Crippen MR) is 83.9 cm³/mol. The van der Waals surface area contributed by atoms with Gasteiger partial charge >= 0.3 is 29.6 Å². The minimum atomic E-state index is -4.19. The molecule has 7 heteroatoms. The number of aryl methyl sites for hydroxylation is 1. The molecule has 0 atom stereocenters. The van der Waals surface area contributed by atoms with E-state index >= 15 is 0 Å². The molecule has 116 valence electrons. The second-order valence-electron chi connectivity index (χ2n) is 5.31. The number of benzene rings is 2. The van der Waals surface area contributed by atoms with Gasteiger partial charge in [0, 0.05) is 12.3 Å². The smallest absolute Gasteiger partial charge is 0.748 e. The first kappa shape index (κ1) is 18.3. The van der Waals surface area contributed by atoms with Crippen molar-refractivity contribution in [2.24, 2.45) is 0 Å². The zero-order valence-corrected chi connectivity index (χ0v) is 16.0. The van der Waals surface area contributed by atoms with Gasteiger partial charge in [-0.05, 0) is 43.2 Å². The Labute approximate surface area is 158 Å². The van der Waals surface area contributed by atoms with Gasteiger partial charge in [0.2, 0.25) is 0 Å². The van der Waals surface area contributed by atoms with E-state index in [9.17, 15) is 13.0 Å². The SMILES string of the molecule is Cc1ccc2c(c1)Oc1ccccc1N2CCCS(=O)(=O)[O-].[Na+]. The van der Waals surface area contributed by atoms with Crippen LogP contribution in [-0.2, 0) is 10.1 Å². The van der Waals surface area contributed by atoms with Crippen LogP contribution in [0.1, 0.15) is 12.0 Å². The number of fused-ring (bicyclic) bond motifs is 2. The molecule has 0 spiro atoms. The fourth-order valence-corrected chi connectivity index (χ4v) is 3.06. The molecular weight excluding hydrogens is 325 g/mol. The van der Waals surface area contributed by atoms with Gasteiger partial charge in [0.05, 0.1) is 21.5 Å². The monoisotopic (exact) mass is 341 g/mol. The first-order valence-corrected chi connectivity index (χ1v) is 8.60. The molecule has 0 fully saturated rings. The molecule has 1 heterocycles. The molecule has 0 N–H and O–H groups in total. The molecule has 5 nitrogen and oxygen atoms in total. The van der Waals surface area contributed by atoms with Crippen LogP contribution in [0.2, 0.25) is 0 Å². The van der Waals surface area contributed by atoms with Crippen LogP contribution >= 0.6 is 0 Å². The van der Waals surface area contributed by atoms with E-state index in [-0.39, 0.29) is 41.7 Å². The Morgan fingerprint density at radius 3 is 2.52 bits per heavy atom. The Morgan fingerprint density at radius 1 is 1.09 bits per heavy atom. The number of nitrogens with zero attached hydrogens (tertiary/aromatic N) is 1. The van der Waals surface area contributed by atoms with Crippen molar-refractivity contribution in [2.45, 2.75) is 13.3 Å². The van der Waals surface area contributed by atoms with E-state index in [4.69, 9.17) is 4.74 Å². The van der Waals surface area contributed by atoms with Gasteiger partial charge in [-0.15, -0.1) is 0 Å². The van der Waals surface area contributed by atoms with Crippen molar-refractivity contribution < 1.29 is 47.3 Å². The minimum Gasteiger partial charge on any atom is -0.748 e. The van der Waals surface area contributed by atoms with Crippen LogP contribution < -0.4 is 39.2 Å². The van der Waals surface area contributed by atoms with Gasteiger partial charge in [-0.25, -0.2) is 8.42 Å². The van der Waals surface area contributed by atoms with Crippen LogP contribution in [0.15, 0.2) is 42.5 Å². The molecule has 0 saturated carbocycles. The average molecular weight is 341 g/mol. The third-order valence-corrected chi connectivity index (χ3v) is 4.35. The summed E-state index contributed by atoms with van der Waals surface area (Å²) in [6, 6.07) is 13.5. The summed E-state index contributed by atoms with van der Waals surface area (Å²) in [6.07, 6.45) is 0.271. The second kappa shape index (κ2) is 7.23. The second-order valence-corrected chi connectivity index (χ2v) is 6.83. The Hall–Kier alpha value is -1.05. The van der Waals surface area contributed by atoms with Gasteiger partial charge in [0.1, 0.15) is 0 Å². The zero-order valence-electron chi connectivity index (χ0n) is 13.2. The number of ether oxygens (including phenoxy) is 1. The van der Waals surface area contributed by atoms with E-state index in [1.54, 1.807) is 0 Å². The maximum atomic E-state index is 10.8. The quantitative estimate of drug-likeness (QED) is 0.586. The molecule has 0 aromatic heterocycles. The maximum absolute atomic E-state index is 10.8. The van der Waals surface area contributed by atoms with Crippen LogP contribution in [0, 0.1) is 6.92 Å². The first-order valence-electron chi connectivity index (χ1n) is 7.03. The summed E-state index contributed by atoms with van der Waals surface area (Å²) >= 11 is 0. The largest absolute Gasteiger partial charge is 1.00 e. The molecule has 0 aliphatic carbocycles. The van der Waals surface area contributed by atoms with Crippen molar-refractivity contribution in [3.8, 4) is 11.5 Å². The first-order chi connectivity index (χ1) is 10.4. The third kappa shape index (κ3) is 4.28. The van der Waals surface area contributed by atoms with Crippen LogP contribution in [-0.4, -0.2) is 25.3 Å². The average Bonchev–Trinajstić information content (AvgIpc) is 2.45. The van der Waals surface area contributed by atoms with Crippen molar-refractivity contribution in [2.75, 3.05) is 17.2 Å². The van der Waals surface area contributed by atoms with Crippen LogP contribution in [0.25, 0.3) is 0 Å². The van der Waals surface area contributed by atoms with E-state index in [0.717, 1.165) is 28.4 Å². The summed E-state index contributed by atoms with van der Waals surface area (Å²) in [5.41, 5.74) is 2.84. The normalized spacial score (nSPS) is 12.7. The van der Waals surface area contributed by atoms with Gasteiger partial charge in [0.15, 0.2) is 11.5 Å². The van der Waals surface area contributed by atoms with Crippen LogP contribution in [0.5, 0.6) is 11.5 Å². The molecule has 23 heavy (non-hydrogen) atoms. The molecule has 1 aliphatic heterocycles. The van der Waals surface area contributed by atoms with Gasteiger partial charge in [0.25, 0.3) is 0 Å². The van der Waals surface area contributed by atoms with Crippen molar-refractivity contribution in [1.82, 2.24) is 0 Å². The molecule has 3 rings (SSSR count). The number of hydrogen-bond donors (Lipinski definition) is 0. The molecule has 1 aliphatic rings. The number of hydrogen-bond acceptors (Lipinski definition) is 5. The summed E-state index contributed by atoms with van der Waals surface area (Å²) in [4.78, 5) is 2.00. The summed E-state index contributed by atoms with van der Waals surface area (Å²) in [5, 5.41) is 0. The number of anilines is 2. The fraction of sp³-hybridized carbons (Fsp3) is 0.250. The Kier molecular flexibility index (Phi) is 5.75. The topological polar surface area (TPSA) is 69.7 Å². The number of para-hydroxylation sites is 2. The van der Waals surface area contributed by atoms with Crippen LogP contribution in [0.4, 0.5) is 11.4 Å². The summed E-state index contributed by atoms with van der Waals surface area (Å²) in [7, 11) is -4.19. The van der Waals surface area contributed by atoms with E-state index in [1.165, 1.54) is 0 Å². The molecule has 2 aromatic carbocycles. The van der Waals surface area contributed by atoms with E-state index < -0.39 is 10.1 Å². The van der Waals surface area contributed by atoms with Gasteiger partial charge in [-0.2, -0.15) is 0 Å². The molecule has 0 bridgehead atoms. The fourth-order valence-electron chi connectivity index (χ4n) is 2.58. The van der Waals surface area contributed by atoms with Crippen molar-refractivity contribution in [3.05, 3.63) is 48.0 Å². The molecule has 0 radical (unpaired) electrons. The predicted octanol–water partition coefficient (Wildman–Crippen LogP) is 0.178. The van der Waals surface area contributed by atoms with Gasteiger partial charge in [-0.1, -0.05) is 18.2 Å². The molecule has 0 saturated heterocycles. The summed E-state index contributed by atoms with van der Waals surface area (Å²) < 4.78 is 38.3. The number of rotatable bonds is 4. The Bertz CT molecular complexity index is 807. The van der Waals surface area contributed by atoms with Gasteiger partial charge in [-0.3, -0.25) is 0 Å². The Morgan fingerprint density at radius 2 is 1.78 bits per heavy atom. The van der Waals surface area contributed by atoms with Crippen molar-refractivity contribution in [1.29, 1.82) is 0 Å². The van der Waals surface area contributed by atoms with Gasteiger partial charge < -0.3 is 14.2 Å². The van der Waals surface area contributed by atoms with Crippen molar-refractivity contribution >= 4 is 21.5 Å². The van der Waals surface area contributed by atoms with E-state index in [1.807, 2.05) is 54.3 Å². The maximum Gasteiger partial charge on any atom is 1.00 e. The molecular formula is C16H16NNaO4S. The standard InChI is InChI=1S/C16H17NO4S.Na/c1-12-7-8-14-16(11-12)21-15-6-3-2-5-13(15)17(14)9-4-10-22(18,19)20;/h2-3,5-8,11H,4,9-10H2,1H3,(H,18,19,20);/q;+1/p-1. The van der Waals surface area contributed by atoms with E-state index in [2.05, 4.69) is 0 Å². The van der Waals surface area contributed by atoms with Crippen LogP contribution in [0.3, 0.4) is 0 Å². The minimum absolute atomic E-state index is 0. The Balaban J connectivity index is 0.00000192. The third-order valence-electron chi connectivity index (χ3n) is 3.56. The molecule has 0 unspecified atom stereocenters. The summed E-state index contributed by atoms with van der Waals surface area (Å²) in [5.74, 6) is 1.10. The molecule has 2 aromatic rings. The van der Waals surface area contributed by atoms with E-state index in [0.29, 0.717) is 6.54 Å². The molecule has 0 amide bonds. The summed E-state index contributed by atoms with van der Waals surface area (Å²) in [6.45, 7) is 2.43. The zero-order chi connectivity index (χ0) is 15.7.